The van der Waals surface area contributed by atoms with Crippen molar-refractivity contribution in [2.45, 2.75) is 48.3 Å². The third kappa shape index (κ3) is 4.12. The van der Waals surface area contributed by atoms with E-state index in [-0.39, 0.29) is 12.2 Å². The Morgan fingerprint density at radius 1 is 1.38 bits per heavy atom. The lowest BCUT2D eigenvalue weighted by Crippen LogP contribution is -2.08. The Morgan fingerprint density at radius 3 is 2.91 bits per heavy atom. The summed E-state index contributed by atoms with van der Waals surface area (Å²) in [5.41, 5.74) is 3.59. The molecule has 3 heterocycles. The van der Waals surface area contributed by atoms with Crippen molar-refractivity contribution >= 4 is 40.2 Å². The highest BCUT2D eigenvalue weighted by Gasteiger charge is 2.31. The number of rotatable bonds is 7. The molecule has 2 N–H and O–H groups in total. The highest BCUT2D eigenvalue weighted by molar-refractivity contribution is 7.99. The van der Waals surface area contributed by atoms with E-state index in [1.807, 2.05) is 24.4 Å². The molecule has 1 atom stereocenters. The minimum atomic E-state index is -1.07. The van der Waals surface area contributed by atoms with Gasteiger partial charge in [0.2, 0.25) is 0 Å². The lowest BCUT2D eigenvalue weighted by Gasteiger charge is -2.06. The van der Waals surface area contributed by atoms with E-state index in [9.17, 15) is 14.3 Å². The van der Waals surface area contributed by atoms with Gasteiger partial charge in [0.1, 0.15) is 16.9 Å². The lowest BCUT2D eigenvalue weighted by molar-refractivity contribution is 0.0689. The fourth-order valence-electron chi connectivity index (χ4n) is 3.77. The molecule has 0 spiro atoms. The van der Waals surface area contributed by atoms with E-state index in [1.54, 1.807) is 16.8 Å². The number of aromatic carboxylic acids is 1. The van der Waals surface area contributed by atoms with Gasteiger partial charge in [-0.05, 0) is 44.0 Å². The Balaban J connectivity index is 1.66. The summed E-state index contributed by atoms with van der Waals surface area (Å²) in [7, 11) is 0. The molecule has 1 saturated carbocycles. The van der Waals surface area contributed by atoms with Gasteiger partial charge < -0.3 is 10.1 Å². The van der Waals surface area contributed by atoms with Gasteiger partial charge in [-0.25, -0.2) is 14.2 Å². The largest absolute Gasteiger partial charge is 0.477 e. The molecule has 0 bridgehead atoms. The molecule has 0 radical (unpaired) electrons. The number of hydrogen-bond acceptors (Lipinski definition) is 4. The Morgan fingerprint density at radius 2 is 2.19 bits per heavy atom. The second kappa shape index (κ2) is 8.26. The van der Waals surface area contributed by atoms with Crippen LogP contribution in [-0.2, 0) is 6.54 Å². The van der Waals surface area contributed by atoms with Gasteiger partial charge >= 0.3 is 5.97 Å². The molecule has 1 aliphatic carbocycles. The van der Waals surface area contributed by atoms with E-state index in [4.69, 9.17) is 11.6 Å². The molecule has 1 fully saturated rings. The number of carbonyl (C=O) groups is 1. The van der Waals surface area contributed by atoms with E-state index < -0.39 is 12.1 Å². The molecule has 4 aromatic rings. The maximum atomic E-state index is 13.7. The molecular formula is C23H20ClFN4O2S. The average Bonchev–Trinajstić information content (AvgIpc) is 3.42. The number of nitrogens with one attached hydrogen (secondary N) is 1. The summed E-state index contributed by atoms with van der Waals surface area (Å²) in [6.07, 6.45) is 3.01. The summed E-state index contributed by atoms with van der Waals surface area (Å²) in [6.45, 7) is 1.71. The van der Waals surface area contributed by atoms with Crippen LogP contribution in [0.4, 0.5) is 4.39 Å². The van der Waals surface area contributed by atoms with E-state index in [1.165, 1.54) is 24.8 Å². The SMILES string of the molecule is CC(F)Cn1cc(-c2[nH]c3cc(Cl)ccc3c2Sc2cccc(C(=O)O)n2)c(C2CC2)n1. The molecular weight excluding hydrogens is 451 g/mol. The van der Waals surface area contributed by atoms with Crippen LogP contribution in [0.25, 0.3) is 22.2 Å². The number of halogens is 2. The molecule has 5 rings (SSSR count). The summed E-state index contributed by atoms with van der Waals surface area (Å²) in [5.74, 6) is -0.710. The summed E-state index contributed by atoms with van der Waals surface area (Å²) in [6, 6.07) is 10.5. The Hall–Kier alpha value is -2.84. The summed E-state index contributed by atoms with van der Waals surface area (Å²) < 4.78 is 15.4. The number of fused-ring (bicyclic) bond motifs is 1. The molecule has 9 heteroatoms. The minimum absolute atomic E-state index is 0.0112. The highest BCUT2D eigenvalue weighted by Crippen LogP contribution is 2.47. The molecule has 0 aliphatic heterocycles. The molecule has 1 unspecified atom stereocenters. The monoisotopic (exact) mass is 470 g/mol. The van der Waals surface area contributed by atoms with E-state index in [2.05, 4.69) is 15.1 Å². The number of carboxylic acids is 1. The van der Waals surface area contributed by atoms with Crippen LogP contribution in [-0.4, -0.2) is 37.0 Å². The minimum Gasteiger partial charge on any atom is -0.477 e. The summed E-state index contributed by atoms with van der Waals surface area (Å²) in [5, 5.41) is 16.1. The first-order valence-electron chi connectivity index (χ1n) is 10.3. The summed E-state index contributed by atoms with van der Waals surface area (Å²) >= 11 is 7.62. The number of aromatic nitrogens is 4. The average molecular weight is 471 g/mol. The number of pyridine rings is 1. The number of H-pyrrole nitrogens is 1. The van der Waals surface area contributed by atoms with E-state index >= 15 is 0 Å². The van der Waals surface area contributed by atoms with Crippen LogP contribution in [0.3, 0.4) is 0 Å². The number of alkyl halides is 1. The van der Waals surface area contributed by atoms with Crippen molar-refractivity contribution in [3.63, 3.8) is 0 Å². The van der Waals surface area contributed by atoms with Gasteiger partial charge in [-0.1, -0.05) is 35.5 Å². The third-order valence-electron chi connectivity index (χ3n) is 5.32. The molecule has 1 aromatic carbocycles. The normalized spacial score (nSPS) is 14.7. The smallest absolute Gasteiger partial charge is 0.354 e. The molecule has 164 valence electrons. The Labute approximate surface area is 192 Å². The van der Waals surface area contributed by atoms with Gasteiger partial charge in [-0.15, -0.1) is 0 Å². The lowest BCUT2D eigenvalue weighted by atomic mass is 10.1. The van der Waals surface area contributed by atoms with Gasteiger partial charge in [-0.2, -0.15) is 5.10 Å². The number of nitrogens with zero attached hydrogens (tertiary/aromatic N) is 3. The van der Waals surface area contributed by atoms with Crippen LogP contribution in [0.1, 0.15) is 41.9 Å². The zero-order valence-electron chi connectivity index (χ0n) is 17.2. The van der Waals surface area contributed by atoms with Crippen LogP contribution in [0, 0.1) is 0 Å². The fourth-order valence-corrected chi connectivity index (χ4v) is 5.00. The van der Waals surface area contributed by atoms with Crippen molar-refractivity contribution in [2.24, 2.45) is 0 Å². The Kier molecular flexibility index (Phi) is 5.43. The van der Waals surface area contributed by atoms with E-state index in [0.29, 0.717) is 16.0 Å². The first-order chi connectivity index (χ1) is 15.4. The highest BCUT2D eigenvalue weighted by atomic mass is 35.5. The van der Waals surface area contributed by atoms with E-state index in [0.717, 1.165) is 45.6 Å². The molecule has 0 amide bonds. The van der Waals surface area contributed by atoms with Crippen LogP contribution in [0.15, 0.2) is 52.5 Å². The van der Waals surface area contributed by atoms with Crippen molar-refractivity contribution in [2.75, 3.05) is 0 Å². The number of carboxylic acid groups (broad SMARTS) is 1. The number of benzene rings is 1. The van der Waals surface area contributed by atoms with Gasteiger partial charge in [0, 0.05) is 38.5 Å². The van der Waals surface area contributed by atoms with Crippen molar-refractivity contribution in [1.29, 1.82) is 0 Å². The number of hydrogen-bond donors (Lipinski definition) is 2. The van der Waals surface area contributed by atoms with Crippen LogP contribution >= 0.6 is 23.4 Å². The predicted molar refractivity (Wildman–Crippen MR) is 122 cm³/mol. The van der Waals surface area contributed by atoms with Crippen molar-refractivity contribution in [3.05, 3.63) is 59.0 Å². The summed E-state index contributed by atoms with van der Waals surface area (Å²) in [4.78, 5) is 20.0. The van der Waals surface area contributed by atoms with Crippen LogP contribution in [0.2, 0.25) is 5.02 Å². The predicted octanol–water partition coefficient (Wildman–Crippen LogP) is 6.16. The zero-order valence-corrected chi connectivity index (χ0v) is 18.8. The van der Waals surface area contributed by atoms with Crippen molar-refractivity contribution < 1.29 is 14.3 Å². The zero-order chi connectivity index (χ0) is 22.4. The molecule has 1 aliphatic rings. The molecule has 32 heavy (non-hydrogen) atoms. The molecule has 3 aromatic heterocycles. The first-order valence-corrected chi connectivity index (χ1v) is 11.5. The van der Waals surface area contributed by atoms with Crippen LogP contribution < -0.4 is 0 Å². The third-order valence-corrected chi connectivity index (χ3v) is 6.62. The number of aromatic amines is 1. The fraction of sp³-hybridized carbons (Fsp3) is 0.261. The van der Waals surface area contributed by atoms with Gasteiger partial charge in [0.25, 0.3) is 0 Å². The second-order valence-electron chi connectivity index (χ2n) is 7.99. The standard InChI is InChI=1S/C23H20ClFN4O2S/c1-12(25)10-29-11-16(20(28-29)13-5-6-13)21-22(15-8-7-14(24)9-18(15)27-21)32-19-4-2-3-17(26-19)23(30)31/h2-4,7-9,11-13,27H,5-6,10H2,1H3,(H,30,31). The maximum absolute atomic E-state index is 13.7. The van der Waals surface area contributed by atoms with Crippen molar-refractivity contribution in [3.8, 4) is 11.3 Å². The van der Waals surface area contributed by atoms with Gasteiger partial charge in [-0.3, -0.25) is 4.68 Å². The van der Waals surface area contributed by atoms with Gasteiger partial charge in [0.15, 0.2) is 0 Å². The molecule has 6 nitrogen and oxygen atoms in total. The Bertz CT molecular complexity index is 1330. The topological polar surface area (TPSA) is 83.8 Å². The second-order valence-corrected chi connectivity index (χ2v) is 9.46. The molecule has 0 saturated heterocycles. The maximum Gasteiger partial charge on any atom is 0.354 e. The van der Waals surface area contributed by atoms with Crippen LogP contribution in [0.5, 0.6) is 0 Å². The van der Waals surface area contributed by atoms with Crippen molar-refractivity contribution in [1.82, 2.24) is 19.7 Å². The quantitative estimate of drug-likeness (QED) is 0.337. The first kappa shape index (κ1) is 21.0. The van der Waals surface area contributed by atoms with Gasteiger partial charge in [0.05, 0.1) is 17.9 Å².